The molecule has 1 N–H and O–H groups in total. The predicted molar refractivity (Wildman–Crippen MR) is 83.2 cm³/mol. The number of carbonyl (C=O) groups excluding carboxylic acids is 2. The van der Waals surface area contributed by atoms with Crippen molar-refractivity contribution in [2.24, 2.45) is 5.92 Å². The van der Waals surface area contributed by atoms with Crippen molar-refractivity contribution >= 4 is 23.5 Å². The minimum absolute atomic E-state index is 0.147. The lowest BCUT2D eigenvalue weighted by Crippen LogP contribution is -2.43. The molecule has 1 aromatic rings. The minimum atomic E-state index is -0.611. The van der Waals surface area contributed by atoms with Gasteiger partial charge in [0.25, 0.3) is 0 Å². The average molecular weight is 312 g/mol. The molecule has 1 aromatic carbocycles. The molecule has 0 aliphatic rings. The first-order valence-electron chi connectivity index (χ1n) is 7.13. The van der Waals surface area contributed by atoms with Gasteiger partial charge in [0.2, 0.25) is 5.91 Å². The molecule has 0 radical (unpaired) electrons. The van der Waals surface area contributed by atoms with Crippen molar-refractivity contribution in [1.82, 2.24) is 5.32 Å². The lowest BCUT2D eigenvalue weighted by molar-refractivity contribution is -0.147. The van der Waals surface area contributed by atoms with Gasteiger partial charge < -0.3 is 10.1 Å². The molecular weight excluding hydrogens is 290 g/mol. The Kier molecular flexibility index (Phi) is 7.23. The van der Waals surface area contributed by atoms with Gasteiger partial charge in [-0.3, -0.25) is 4.79 Å². The highest BCUT2D eigenvalue weighted by Crippen LogP contribution is 2.15. The molecule has 5 heteroatoms. The quantitative estimate of drug-likeness (QED) is 0.788. The van der Waals surface area contributed by atoms with E-state index >= 15 is 0 Å². The Hall–Kier alpha value is -1.55. The van der Waals surface area contributed by atoms with Gasteiger partial charge in [-0.1, -0.05) is 43.6 Å². The maximum Gasteiger partial charge on any atom is 0.328 e. The van der Waals surface area contributed by atoms with Crippen LogP contribution in [0.2, 0.25) is 5.02 Å². The molecule has 21 heavy (non-hydrogen) atoms. The van der Waals surface area contributed by atoms with Gasteiger partial charge in [-0.2, -0.15) is 0 Å². The number of hydrogen-bond acceptors (Lipinski definition) is 3. The molecule has 0 aromatic heterocycles. The van der Waals surface area contributed by atoms with Crippen LogP contribution < -0.4 is 5.32 Å². The number of esters is 1. The Morgan fingerprint density at radius 3 is 2.52 bits per heavy atom. The second-order valence-electron chi connectivity index (χ2n) is 5.27. The summed E-state index contributed by atoms with van der Waals surface area (Å²) in [4.78, 5) is 24.0. The summed E-state index contributed by atoms with van der Waals surface area (Å²) < 4.78 is 5.00. The Morgan fingerprint density at radius 1 is 1.29 bits per heavy atom. The lowest BCUT2D eigenvalue weighted by Gasteiger charge is -2.19. The second-order valence-corrected chi connectivity index (χ2v) is 5.68. The number of benzene rings is 1. The first kappa shape index (κ1) is 17.5. The summed E-state index contributed by atoms with van der Waals surface area (Å²) in [6.07, 6.45) is 0.695. The van der Waals surface area contributed by atoms with Gasteiger partial charge in [0, 0.05) is 5.02 Å². The number of ether oxygens (including phenoxy) is 1. The Balaban J connectivity index is 2.67. The molecule has 116 valence electrons. The second kappa shape index (κ2) is 8.67. The van der Waals surface area contributed by atoms with Gasteiger partial charge in [0.1, 0.15) is 6.04 Å². The molecule has 0 heterocycles. The summed E-state index contributed by atoms with van der Waals surface area (Å²) in [6, 6.07) is 6.56. The third-order valence-electron chi connectivity index (χ3n) is 2.92. The Labute approximate surface area is 130 Å². The molecule has 0 fully saturated rings. The third-order valence-corrected chi connectivity index (χ3v) is 3.29. The predicted octanol–water partition coefficient (Wildman–Crippen LogP) is 2.98. The number of halogens is 1. The van der Waals surface area contributed by atoms with Gasteiger partial charge in [0.05, 0.1) is 13.0 Å². The lowest BCUT2D eigenvalue weighted by atomic mass is 10.0. The van der Waals surface area contributed by atoms with E-state index in [-0.39, 0.29) is 18.2 Å². The van der Waals surface area contributed by atoms with E-state index in [4.69, 9.17) is 16.3 Å². The molecule has 0 unspecified atom stereocenters. The standard InChI is InChI=1S/C16H22ClNO3/c1-4-21-16(20)14(9-11(2)3)18-15(19)10-12-7-5-6-8-13(12)17/h5-8,11,14H,4,9-10H2,1-3H3,(H,18,19)/t14-/m0/s1. The van der Waals surface area contributed by atoms with Crippen LogP contribution in [-0.2, 0) is 20.7 Å². The highest BCUT2D eigenvalue weighted by atomic mass is 35.5. The first-order valence-corrected chi connectivity index (χ1v) is 7.51. The van der Waals surface area contributed by atoms with Crippen LogP contribution in [0.25, 0.3) is 0 Å². The summed E-state index contributed by atoms with van der Waals surface area (Å²) >= 11 is 6.03. The zero-order valence-corrected chi connectivity index (χ0v) is 13.4. The van der Waals surface area contributed by atoms with E-state index < -0.39 is 12.0 Å². The number of amides is 1. The van der Waals surface area contributed by atoms with Crippen molar-refractivity contribution < 1.29 is 14.3 Å². The zero-order valence-electron chi connectivity index (χ0n) is 12.7. The van der Waals surface area contributed by atoms with Gasteiger partial charge in [-0.25, -0.2) is 4.79 Å². The molecule has 0 saturated carbocycles. The van der Waals surface area contributed by atoms with Crippen LogP contribution in [0.4, 0.5) is 0 Å². The molecule has 4 nitrogen and oxygen atoms in total. The van der Waals surface area contributed by atoms with Gasteiger partial charge in [0.15, 0.2) is 0 Å². The van der Waals surface area contributed by atoms with Crippen molar-refractivity contribution in [1.29, 1.82) is 0 Å². The van der Waals surface area contributed by atoms with Crippen LogP contribution >= 0.6 is 11.6 Å². The summed E-state index contributed by atoms with van der Waals surface area (Å²) in [5.41, 5.74) is 0.740. The van der Waals surface area contributed by atoms with E-state index in [9.17, 15) is 9.59 Å². The topological polar surface area (TPSA) is 55.4 Å². The third kappa shape index (κ3) is 6.17. The summed E-state index contributed by atoms with van der Waals surface area (Å²) in [5.74, 6) is -0.347. The van der Waals surface area contributed by atoms with Gasteiger partial charge in [-0.15, -0.1) is 0 Å². The maximum atomic E-state index is 12.1. The smallest absolute Gasteiger partial charge is 0.328 e. The SMILES string of the molecule is CCOC(=O)[C@H](CC(C)C)NC(=O)Cc1ccccc1Cl. The van der Waals surface area contributed by atoms with Crippen LogP contribution in [-0.4, -0.2) is 24.5 Å². The van der Waals surface area contributed by atoms with Crippen LogP contribution in [0, 0.1) is 5.92 Å². The molecule has 0 aliphatic heterocycles. The van der Waals surface area contributed by atoms with Crippen molar-refractivity contribution in [3.63, 3.8) is 0 Å². The zero-order chi connectivity index (χ0) is 15.8. The molecular formula is C16H22ClNO3. The highest BCUT2D eigenvalue weighted by molar-refractivity contribution is 6.31. The molecule has 1 rings (SSSR count). The van der Waals surface area contributed by atoms with Crippen molar-refractivity contribution in [3.05, 3.63) is 34.9 Å². The first-order chi connectivity index (χ1) is 9.93. The Bertz CT molecular complexity index is 488. The van der Waals surface area contributed by atoms with E-state index in [1.54, 1.807) is 19.1 Å². The number of nitrogens with one attached hydrogen (secondary N) is 1. The van der Waals surface area contributed by atoms with Crippen LogP contribution in [0.1, 0.15) is 32.8 Å². The molecule has 0 bridgehead atoms. The highest BCUT2D eigenvalue weighted by Gasteiger charge is 2.23. The fourth-order valence-corrected chi connectivity index (χ4v) is 2.19. The van der Waals surface area contributed by atoms with Gasteiger partial charge in [-0.05, 0) is 30.9 Å². The summed E-state index contributed by atoms with van der Waals surface area (Å²) in [7, 11) is 0. The van der Waals surface area contributed by atoms with E-state index in [1.807, 2.05) is 26.0 Å². The largest absolute Gasteiger partial charge is 0.464 e. The minimum Gasteiger partial charge on any atom is -0.464 e. The number of carbonyl (C=O) groups is 2. The molecule has 1 atom stereocenters. The number of rotatable bonds is 7. The van der Waals surface area contributed by atoms with E-state index in [0.717, 1.165) is 5.56 Å². The van der Waals surface area contributed by atoms with Crippen LogP contribution in [0.3, 0.4) is 0 Å². The van der Waals surface area contributed by atoms with Crippen LogP contribution in [0.5, 0.6) is 0 Å². The number of hydrogen-bond donors (Lipinski definition) is 1. The van der Waals surface area contributed by atoms with E-state index in [1.165, 1.54) is 0 Å². The fourth-order valence-electron chi connectivity index (χ4n) is 1.99. The Morgan fingerprint density at radius 2 is 1.95 bits per heavy atom. The molecule has 0 aliphatic carbocycles. The van der Waals surface area contributed by atoms with Crippen molar-refractivity contribution in [2.75, 3.05) is 6.61 Å². The average Bonchev–Trinajstić information content (AvgIpc) is 2.40. The summed E-state index contributed by atoms with van der Waals surface area (Å²) in [5, 5.41) is 3.28. The molecule has 0 spiro atoms. The fraction of sp³-hybridized carbons (Fsp3) is 0.500. The normalized spacial score (nSPS) is 12.0. The molecule has 0 saturated heterocycles. The van der Waals surface area contributed by atoms with Gasteiger partial charge >= 0.3 is 5.97 Å². The maximum absolute atomic E-state index is 12.1. The van der Waals surface area contributed by atoms with E-state index in [0.29, 0.717) is 18.1 Å². The van der Waals surface area contributed by atoms with Crippen LogP contribution in [0.15, 0.2) is 24.3 Å². The summed E-state index contributed by atoms with van der Waals surface area (Å²) in [6.45, 7) is 6.03. The van der Waals surface area contributed by atoms with E-state index in [2.05, 4.69) is 5.32 Å². The van der Waals surface area contributed by atoms with Crippen molar-refractivity contribution in [3.8, 4) is 0 Å². The molecule has 1 amide bonds. The monoisotopic (exact) mass is 311 g/mol. The van der Waals surface area contributed by atoms with Crippen molar-refractivity contribution in [2.45, 2.75) is 39.7 Å².